The SMILES string of the molecule is O=C(CCC1NC(=O)N(c2ccc(F)cc2)C1=O)Nc1ccc(F)cc1. The van der Waals surface area contributed by atoms with Gasteiger partial charge in [0.05, 0.1) is 5.69 Å². The minimum absolute atomic E-state index is 0.00861. The van der Waals surface area contributed by atoms with Crippen molar-refractivity contribution in [2.45, 2.75) is 18.9 Å². The van der Waals surface area contributed by atoms with Crippen molar-refractivity contribution in [2.24, 2.45) is 0 Å². The van der Waals surface area contributed by atoms with Crippen LogP contribution in [0.25, 0.3) is 0 Å². The quantitative estimate of drug-likeness (QED) is 0.806. The highest BCUT2D eigenvalue weighted by atomic mass is 19.1. The molecule has 1 fully saturated rings. The van der Waals surface area contributed by atoms with Gasteiger partial charge in [0.1, 0.15) is 17.7 Å². The number of nitrogens with one attached hydrogen (secondary N) is 2. The Balaban J connectivity index is 1.57. The van der Waals surface area contributed by atoms with Crippen LogP contribution in [0.3, 0.4) is 0 Å². The van der Waals surface area contributed by atoms with Crippen LogP contribution in [0, 0.1) is 11.6 Å². The molecule has 3 rings (SSSR count). The van der Waals surface area contributed by atoms with E-state index in [0.29, 0.717) is 5.69 Å². The van der Waals surface area contributed by atoms with Gasteiger partial charge in [0.15, 0.2) is 0 Å². The zero-order valence-electron chi connectivity index (χ0n) is 13.5. The molecule has 0 aromatic heterocycles. The number of hydrogen-bond donors (Lipinski definition) is 2. The first kappa shape index (κ1) is 17.5. The summed E-state index contributed by atoms with van der Waals surface area (Å²) in [5.41, 5.74) is 0.693. The largest absolute Gasteiger partial charge is 0.329 e. The van der Waals surface area contributed by atoms with E-state index in [-0.39, 0.29) is 24.4 Å². The van der Waals surface area contributed by atoms with E-state index in [9.17, 15) is 23.2 Å². The Morgan fingerprint density at radius 2 is 1.58 bits per heavy atom. The molecule has 2 aromatic rings. The molecule has 0 radical (unpaired) electrons. The Morgan fingerprint density at radius 1 is 1.00 bits per heavy atom. The molecule has 1 saturated heterocycles. The second-order valence-corrected chi connectivity index (χ2v) is 5.75. The Kier molecular flexibility index (Phi) is 4.92. The zero-order chi connectivity index (χ0) is 18.7. The van der Waals surface area contributed by atoms with E-state index >= 15 is 0 Å². The average molecular weight is 359 g/mol. The summed E-state index contributed by atoms with van der Waals surface area (Å²) in [6.07, 6.45) is 0.0978. The first-order chi connectivity index (χ1) is 12.4. The van der Waals surface area contributed by atoms with Crippen LogP contribution >= 0.6 is 0 Å². The molecule has 0 saturated carbocycles. The van der Waals surface area contributed by atoms with Gasteiger partial charge in [-0.05, 0) is 55.0 Å². The molecule has 1 unspecified atom stereocenters. The van der Waals surface area contributed by atoms with Crippen molar-refractivity contribution in [3.63, 3.8) is 0 Å². The average Bonchev–Trinajstić information content (AvgIpc) is 2.90. The van der Waals surface area contributed by atoms with Crippen molar-refractivity contribution >= 4 is 29.2 Å². The highest BCUT2D eigenvalue weighted by Crippen LogP contribution is 2.21. The third-order valence-corrected chi connectivity index (χ3v) is 3.89. The Hall–Kier alpha value is -3.29. The molecular formula is C18H15F2N3O3. The van der Waals surface area contributed by atoms with E-state index < -0.39 is 29.6 Å². The molecule has 4 amide bonds. The van der Waals surface area contributed by atoms with Crippen LogP contribution in [0.5, 0.6) is 0 Å². The number of anilines is 2. The first-order valence-corrected chi connectivity index (χ1v) is 7.89. The van der Waals surface area contributed by atoms with E-state index in [1.165, 1.54) is 36.4 Å². The summed E-state index contributed by atoms with van der Waals surface area (Å²) >= 11 is 0. The monoisotopic (exact) mass is 359 g/mol. The van der Waals surface area contributed by atoms with Crippen LogP contribution in [0.15, 0.2) is 48.5 Å². The van der Waals surface area contributed by atoms with Gasteiger partial charge in [-0.25, -0.2) is 18.5 Å². The highest BCUT2D eigenvalue weighted by molar-refractivity contribution is 6.21. The van der Waals surface area contributed by atoms with E-state index in [1.807, 2.05) is 0 Å². The number of rotatable bonds is 5. The summed E-state index contributed by atoms with van der Waals surface area (Å²) in [6.45, 7) is 0. The lowest BCUT2D eigenvalue weighted by Gasteiger charge is -2.13. The lowest BCUT2D eigenvalue weighted by molar-refractivity contribution is -0.119. The fourth-order valence-electron chi connectivity index (χ4n) is 2.59. The highest BCUT2D eigenvalue weighted by Gasteiger charge is 2.38. The second kappa shape index (κ2) is 7.30. The molecule has 1 aliphatic rings. The number of amides is 4. The fraction of sp³-hybridized carbons (Fsp3) is 0.167. The number of carbonyl (C=O) groups is 3. The van der Waals surface area contributed by atoms with Crippen molar-refractivity contribution in [3.05, 3.63) is 60.2 Å². The molecule has 26 heavy (non-hydrogen) atoms. The topological polar surface area (TPSA) is 78.5 Å². The predicted octanol–water partition coefficient (Wildman–Crippen LogP) is 2.81. The molecule has 1 aliphatic heterocycles. The van der Waals surface area contributed by atoms with Crippen LogP contribution in [-0.2, 0) is 9.59 Å². The number of halogens is 2. The lowest BCUT2D eigenvalue weighted by atomic mass is 10.1. The van der Waals surface area contributed by atoms with Crippen molar-refractivity contribution in [3.8, 4) is 0 Å². The molecule has 8 heteroatoms. The van der Waals surface area contributed by atoms with Gasteiger partial charge in [-0.2, -0.15) is 0 Å². The third-order valence-electron chi connectivity index (χ3n) is 3.89. The maximum absolute atomic E-state index is 13.0. The summed E-state index contributed by atoms with van der Waals surface area (Å²) in [6, 6.07) is 8.79. The smallest absolute Gasteiger partial charge is 0.326 e. The molecule has 1 atom stereocenters. The van der Waals surface area contributed by atoms with E-state index in [2.05, 4.69) is 10.6 Å². The molecule has 2 N–H and O–H groups in total. The zero-order valence-corrected chi connectivity index (χ0v) is 13.5. The van der Waals surface area contributed by atoms with Crippen LogP contribution in [0.4, 0.5) is 25.0 Å². The van der Waals surface area contributed by atoms with Crippen molar-refractivity contribution in [2.75, 3.05) is 10.2 Å². The number of carbonyl (C=O) groups excluding carboxylic acids is 3. The maximum Gasteiger partial charge on any atom is 0.329 e. The summed E-state index contributed by atoms with van der Waals surface area (Å²) in [5.74, 6) is -1.76. The minimum Gasteiger partial charge on any atom is -0.326 e. The maximum atomic E-state index is 13.0. The van der Waals surface area contributed by atoms with Crippen LogP contribution in [0.2, 0.25) is 0 Å². The Bertz CT molecular complexity index is 838. The van der Waals surface area contributed by atoms with Gasteiger partial charge in [0.2, 0.25) is 5.91 Å². The molecule has 0 aliphatic carbocycles. The normalized spacial score (nSPS) is 16.5. The number of urea groups is 1. The van der Waals surface area contributed by atoms with Crippen LogP contribution < -0.4 is 15.5 Å². The summed E-state index contributed by atoms with van der Waals surface area (Å²) < 4.78 is 25.8. The first-order valence-electron chi connectivity index (χ1n) is 7.89. The number of nitrogens with zero attached hydrogens (tertiary/aromatic N) is 1. The van der Waals surface area contributed by atoms with Gasteiger partial charge >= 0.3 is 6.03 Å². The van der Waals surface area contributed by atoms with E-state index in [0.717, 1.165) is 17.0 Å². The molecule has 1 heterocycles. The predicted molar refractivity (Wildman–Crippen MR) is 90.5 cm³/mol. The van der Waals surface area contributed by atoms with Crippen LogP contribution in [-0.4, -0.2) is 23.9 Å². The number of benzene rings is 2. The van der Waals surface area contributed by atoms with Gasteiger partial charge in [0, 0.05) is 12.1 Å². The van der Waals surface area contributed by atoms with Gasteiger partial charge in [-0.3, -0.25) is 9.59 Å². The number of imide groups is 1. The molecule has 6 nitrogen and oxygen atoms in total. The molecule has 0 bridgehead atoms. The van der Waals surface area contributed by atoms with Gasteiger partial charge < -0.3 is 10.6 Å². The summed E-state index contributed by atoms with van der Waals surface area (Å²) in [7, 11) is 0. The van der Waals surface area contributed by atoms with Crippen molar-refractivity contribution in [1.82, 2.24) is 5.32 Å². The second-order valence-electron chi connectivity index (χ2n) is 5.75. The lowest BCUT2D eigenvalue weighted by Crippen LogP contribution is -2.31. The van der Waals surface area contributed by atoms with Gasteiger partial charge in [0.25, 0.3) is 5.91 Å². The number of hydrogen-bond acceptors (Lipinski definition) is 3. The van der Waals surface area contributed by atoms with Crippen molar-refractivity contribution in [1.29, 1.82) is 0 Å². The molecule has 134 valence electrons. The van der Waals surface area contributed by atoms with E-state index in [1.54, 1.807) is 0 Å². The Morgan fingerprint density at radius 3 is 2.19 bits per heavy atom. The summed E-state index contributed by atoms with van der Waals surface area (Å²) in [4.78, 5) is 37.3. The minimum atomic E-state index is -0.841. The van der Waals surface area contributed by atoms with E-state index in [4.69, 9.17) is 0 Å². The van der Waals surface area contributed by atoms with Crippen LogP contribution in [0.1, 0.15) is 12.8 Å². The molecule has 0 spiro atoms. The Labute approximate surface area is 147 Å². The van der Waals surface area contributed by atoms with Crippen molar-refractivity contribution < 1.29 is 23.2 Å². The third kappa shape index (κ3) is 3.85. The fourth-order valence-corrected chi connectivity index (χ4v) is 2.59. The molecular weight excluding hydrogens is 344 g/mol. The van der Waals surface area contributed by atoms with Gasteiger partial charge in [-0.15, -0.1) is 0 Å². The molecule has 2 aromatic carbocycles. The standard InChI is InChI=1S/C18H15F2N3O3/c19-11-1-5-13(6-2-11)21-16(24)10-9-15-17(25)23(18(26)22-15)14-7-3-12(20)4-8-14/h1-8,15H,9-10H2,(H,21,24)(H,22,26). The summed E-state index contributed by atoms with van der Waals surface area (Å²) in [5, 5.41) is 5.09. The van der Waals surface area contributed by atoms with Gasteiger partial charge in [-0.1, -0.05) is 0 Å².